The number of ether oxygens (including phenoxy) is 1. The molecular weight excluding hydrogens is 344 g/mol. The van der Waals surface area contributed by atoms with Crippen molar-refractivity contribution >= 4 is 5.91 Å². The van der Waals surface area contributed by atoms with Gasteiger partial charge in [-0.1, -0.05) is 12.1 Å². The first-order chi connectivity index (χ1) is 13.0. The zero-order valence-corrected chi connectivity index (χ0v) is 16.5. The van der Waals surface area contributed by atoms with Gasteiger partial charge in [-0.15, -0.1) is 5.10 Å². The maximum atomic E-state index is 13.3. The molecule has 0 unspecified atom stereocenters. The van der Waals surface area contributed by atoms with Crippen LogP contribution < -0.4 is 4.74 Å². The van der Waals surface area contributed by atoms with E-state index in [-0.39, 0.29) is 5.91 Å². The fourth-order valence-electron chi connectivity index (χ4n) is 3.64. The lowest BCUT2D eigenvalue weighted by atomic mass is 10.0. The maximum absolute atomic E-state index is 13.3. The van der Waals surface area contributed by atoms with Gasteiger partial charge in [-0.25, -0.2) is 4.68 Å². The van der Waals surface area contributed by atoms with E-state index in [1.165, 1.54) is 0 Å². The molecule has 1 saturated heterocycles. The monoisotopic (exact) mass is 372 g/mol. The molecule has 3 rings (SSSR count). The molecule has 0 saturated carbocycles. The third kappa shape index (κ3) is 4.44. The number of carbonyl (C=O) groups excluding carboxylic acids is 1. The molecule has 146 valence electrons. The number of carbonyl (C=O) groups is 1. The van der Waals surface area contributed by atoms with Crippen LogP contribution in [0.25, 0.3) is 0 Å². The molecule has 1 aromatic heterocycles. The molecule has 1 aliphatic heterocycles. The smallest absolute Gasteiger partial charge is 0.247 e. The Morgan fingerprint density at radius 1 is 1.33 bits per heavy atom. The van der Waals surface area contributed by atoms with Crippen LogP contribution in [0.1, 0.15) is 30.3 Å². The van der Waals surface area contributed by atoms with E-state index in [0.29, 0.717) is 18.3 Å². The number of likely N-dealkylation sites (tertiary alicyclic amines) is 1. The number of aryl methyl sites for hydroxylation is 1. The van der Waals surface area contributed by atoms with Crippen molar-refractivity contribution in [3.63, 3.8) is 0 Å². The molecule has 1 amide bonds. The van der Waals surface area contributed by atoms with Gasteiger partial charge >= 0.3 is 0 Å². The Kier molecular flexibility index (Phi) is 6.05. The van der Waals surface area contributed by atoms with E-state index in [2.05, 4.69) is 34.5 Å². The van der Waals surface area contributed by atoms with Gasteiger partial charge in [-0.2, -0.15) is 0 Å². The Morgan fingerprint density at radius 3 is 2.67 bits per heavy atom. The highest BCUT2D eigenvalue weighted by Gasteiger charge is 2.31. The molecule has 0 N–H and O–H groups in total. The number of tetrazole rings is 1. The minimum Gasteiger partial charge on any atom is -0.497 e. The molecule has 1 atom stereocenters. The molecule has 0 radical (unpaired) electrons. The Balaban J connectivity index is 1.80. The second-order valence-electron chi connectivity index (χ2n) is 7.26. The van der Waals surface area contributed by atoms with Crippen LogP contribution in [0.4, 0.5) is 0 Å². The topological polar surface area (TPSA) is 76.4 Å². The summed E-state index contributed by atoms with van der Waals surface area (Å²) in [5, 5.41) is 11.8. The summed E-state index contributed by atoms with van der Waals surface area (Å²) in [6, 6.07) is 7.86. The Hall–Kier alpha value is -2.48. The maximum Gasteiger partial charge on any atom is 0.247 e. The molecule has 0 spiro atoms. The second kappa shape index (κ2) is 8.47. The third-order valence-electron chi connectivity index (χ3n) is 5.31. The molecular formula is C19H28N6O2. The van der Waals surface area contributed by atoms with Crippen molar-refractivity contribution in [1.29, 1.82) is 0 Å². The summed E-state index contributed by atoms with van der Waals surface area (Å²) in [6.45, 7) is 3.35. The van der Waals surface area contributed by atoms with Crippen LogP contribution in [0.3, 0.4) is 0 Å². The number of piperidine rings is 1. The van der Waals surface area contributed by atoms with Crippen LogP contribution in [0.15, 0.2) is 24.3 Å². The lowest BCUT2D eigenvalue weighted by Crippen LogP contribution is -2.47. The number of nitrogens with zero attached hydrogens (tertiary/aromatic N) is 6. The summed E-state index contributed by atoms with van der Waals surface area (Å²) in [7, 11) is 5.83. The van der Waals surface area contributed by atoms with Crippen molar-refractivity contribution in [2.75, 3.05) is 34.3 Å². The summed E-state index contributed by atoms with van der Waals surface area (Å²) in [5.74, 6) is 1.49. The molecule has 8 heteroatoms. The Labute approximate surface area is 160 Å². The van der Waals surface area contributed by atoms with Crippen molar-refractivity contribution in [2.45, 2.75) is 38.3 Å². The zero-order chi connectivity index (χ0) is 19.4. The molecule has 2 heterocycles. The minimum absolute atomic E-state index is 0.0745. The van der Waals surface area contributed by atoms with Crippen LogP contribution in [0, 0.1) is 6.92 Å². The van der Waals surface area contributed by atoms with E-state index < -0.39 is 6.04 Å². The van der Waals surface area contributed by atoms with Gasteiger partial charge in [0.2, 0.25) is 5.91 Å². The summed E-state index contributed by atoms with van der Waals surface area (Å²) >= 11 is 0. The van der Waals surface area contributed by atoms with Gasteiger partial charge in [0.15, 0.2) is 0 Å². The number of rotatable bonds is 6. The standard InChI is InChI=1S/C19H28N6O2/c1-14-20-21-22-25(14)18(13-15-6-5-7-17(12-15)27-4)19(26)24-10-8-16(9-11-24)23(2)3/h5-7,12,16,18H,8-11,13H2,1-4H3/t18-/m1/s1. The van der Waals surface area contributed by atoms with Crippen molar-refractivity contribution in [1.82, 2.24) is 30.0 Å². The zero-order valence-electron chi connectivity index (χ0n) is 16.5. The van der Waals surface area contributed by atoms with Crippen molar-refractivity contribution in [3.05, 3.63) is 35.7 Å². The molecule has 1 aromatic carbocycles. The highest BCUT2D eigenvalue weighted by atomic mass is 16.5. The van der Waals surface area contributed by atoms with Crippen LogP contribution in [-0.4, -0.2) is 76.3 Å². The number of benzene rings is 1. The SMILES string of the molecule is COc1cccc(C[C@H](C(=O)N2CCC(N(C)C)CC2)n2nnnc2C)c1. The number of methoxy groups -OCH3 is 1. The number of hydrogen-bond donors (Lipinski definition) is 0. The molecule has 2 aromatic rings. The first-order valence-corrected chi connectivity index (χ1v) is 9.32. The summed E-state index contributed by atoms with van der Waals surface area (Å²) in [4.78, 5) is 17.5. The Bertz CT molecular complexity index is 767. The van der Waals surface area contributed by atoms with E-state index in [4.69, 9.17) is 4.74 Å². The van der Waals surface area contributed by atoms with E-state index in [1.54, 1.807) is 11.8 Å². The lowest BCUT2D eigenvalue weighted by Gasteiger charge is -2.36. The molecule has 0 aliphatic carbocycles. The summed E-state index contributed by atoms with van der Waals surface area (Å²) in [6.07, 6.45) is 2.49. The Morgan fingerprint density at radius 2 is 2.07 bits per heavy atom. The van der Waals surface area contributed by atoms with Crippen LogP contribution >= 0.6 is 0 Å². The van der Waals surface area contributed by atoms with Crippen molar-refractivity contribution in [3.8, 4) is 5.75 Å². The highest BCUT2D eigenvalue weighted by molar-refractivity contribution is 5.81. The van der Waals surface area contributed by atoms with Crippen LogP contribution in [0.5, 0.6) is 5.75 Å². The van der Waals surface area contributed by atoms with Crippen molar-refractivity contribution in [2.24, 2.45) is 0 Å². The number of amides is 1. The van der Waals surface area contributed by atoms with Gasteiger partial charge in [-0.05, 0) is 62.0 Å². The van der Waals surface area contributed by atoms with Gasteiger partial charge in [0.05, 0.1) is 7.11 Å². The fraction of sp³-hybridized carbons (Fsp3) is 0.579. The van der Waals surface area contributed by atoms with Crippen molar-refractivity contribution < 1.29 is 9.53 Å². The number of aromatic nitrogens is 4. The molecule has 1 fully saturated rings. The molecule has 1 aliphatic rings. The number of hydrogen-bond acceptors (Lipinski definition) is 6. The molecule has 8 nitrogen and oxygen atoms in total. The summed E-state index contributed by atoms with van der Waals surface area (Å²) in [5.41, 5.74) is 1.02. The van der Waals surface area contributed by atoms with Gasteiger partial charge in [-0.3, -0.25) is 4.79 Å². The lowest BCUT2D eigenvalue weighted by molar-refractivity contribution is -0.136. The van der Waals surface area contributed by atoms with E-state index in [1.807, 2.05) is 36.1 Å². The van der Waals surface area contributed by atoms with E-state index >= 15 is 0 Å². The first-order valence-electron chi connectivity index (χ1n) is 9.32. The predicted octanol–water partition coefficient (Wildman–Crippen LogP) is 1.33. The minimum atomic E-state index is -0.456. The fourth-order valence-corrected chi connectivity index (χ4v) is 3.64. The second-order valence-corrected chi connectivity index (χ2v) is 7.26. The predicted molar refractivity (Wildman–Crippen MR) is 102 cm³/mol. The van der Waals surface area contributed by atoms with E-state index in [0.717, 1.165) is 37.2 Å². The average molecular weight is 372 g/mol. The molecule has 27 heavy (non-hydrogen) atoms. The van der Waals surface area contributed by atoms with E-state index in [9.17, 15) is 4.79 Å². The first kappa shape index (κ1) is 19.3. The van der Waals surface area contributed by atoms with Crippen LogP contribution in [-0.2, 0) is 11.2 Å². The highest BCUT2D eigenvalue weighted by Crippen LogP contribution is 2.23. The quantitative estimate of drug-likeness (QED) is 0.761. The molecule has 0 bridgehead atoms. The normalized spacial score (nSPS) is 16.6. The summed E-state index contributed by atoms with van der Waals surface area (Å²) < 4.78 is 6.95. The third-order valence-corrected chi connectivity index (χ3v) is 5.31. The van der Waals surface area contributed by atoms with Crippen LogP contribution in [0.2, 0.25) is 0 Å². The van der Waals surface area contributed by atoms with Gasteiger partial charge in [0.25, 0.3) is 0 Å². The van der Waals surface area contributed by atoms with Gasteiger partial charge in [0, 0.05) is 25.6 Å². The van der Waals surface area contributed by atoms with Gasteiger partial charge in [0.1, 0.15) is 17.6 Å². The average Bonchev–Trinajstić information content (AvgIpc) is 3.11. The van der Waals surface area contributed by atoms with Gasteiger partial charge < -0.3 is 14.5 Å². The largest absolute Gasteiger partial charge is 0.497 e.